The third-order valence-electron chi connectivity index (χ3n) is 5.20. The van der Waals surface area contributed by atoms with Crippen molar-refractivity contribution < 1.29 is 0 Å². The highest BCUT2D eigenvalue weighted by Crippen LogP contribution is 2.34. The second-order valence-corrected chi connectivity index (χ2v) is 8.70. The van der Waals surface area contributed by atoms with Gasteiger partial charge >= 0.3 is 5.69 Å². The van der Waals surface area contributed by atoms with E-state index in [1.807, 2.05) is 6.07 Å². The van der Waals surface area contributed by atoms with Gasteiger partial charge in [0.05, 0.1) is 22.1 Å². The number of halogens is 2. The van der Waals surface area contributed by atoms with E-state index < -0.39 is 16.8 Å². The van der Waals surface area contributed by atoms with Crippen LogP contribution in [0.25, 0.3) is 16.7 Å². The van der Waals surface area contributed by atoms with Gasteiger partial charge in [-0.2, -0.15) is 0 Å². The molecule has 1 saturated carbocycles. The second-order valence-electron chi connectivity index (χ2n) is 7.38. The Morgan fingerprint density at radius 1 is 1.00 bits per heavy atom. The molecule has 5 rings (SSSR count). The molecule has 0 aliphatic heterocycles. The second kappa shape index (κ2) is 7.55. The lowest BCUT2D eigenvalue weighted by atomic mass is 10.2. The summed E-state index contributed by atoms with van der Waals surface area (Å²) in [5, 5.41) is 3.74. The maximum atomic E-state index is 13.4. The number of pyridine rings is 1. The van der Waals surface area contributed by atoms with Crippen molar-refractivity contribution in [1.29, 1.82) is 0 Å². The first-order valence-electron chi connectivity index (χ1n) is 9.66. The molecule has 156 valence electrons. The number of hydrogen-bond donors (Lipinski definition) is 2. The van der Waals surface area contributed by atoms with Crippen LogP contribution < -0.4 is 22.1 Å². The van der Waals surface area contributed by atoms with E-state index in [1.54, 1.807) is 42.5 Å². The highest BCUT2D eigenvalue weighted by atomic mass is 79.9. The van der Waals surface area contributed by atoms with Crippen LogP contribution in [0.4, 0.5) is 11.4 Å². The van der Waals surface area contributed by atoms with Crippen molar-refractivity contribution >= 4 is 49.9 Å². The standard InChI is InChI=1S/C22H16BrClN4O3/c23-12-6-9-16(15(24)10-12)25-17-11-18(29)26-20-19(17)21(30)28(14-7-8-14)22(31)27(20)13-4-2-1-3-5-13/h1-6,9-11,14H,7-8H2,(H2,25,26,29). The SMILES string of the molecule is O=c1cc(Nc2ccc(Br)cc2Cl)c2c(=O)n(C3CC3)c(=O)n(-c3ccccc3)c2[nH]1. The van der Waals surface area contributed by atoms with E-state index in [1.165, 1.54) is 15.2 Å². The summed E-state index contributed by atoms with van der Waals surface area (Å²) in [6.45, 7) is 0. The van der Waals surface area contributed by atoms with Crippen molar-refractivity contribution in [2.75, 3.05) is 5.32 Å². The summed E-state index contributed by atoms with van der Waals surface area (Å²) >= 11 is 9.70. The zero-order chi connectivity index (χ0) is 21.7. The largest absolute Gasteiger partial charge is 0.353 e. The smallest absolute Gasteiger partial charge is 0.337 e. The Labute approximate surface area is 189 Å². The summed E-state index contributed by atoms with van der Waals surface area (Å²) in [6.07, 6.45) is 1.53. The molecule has 0 bridgehead atoms. The van der Waals surface area contributed by atoms with Gasteiger partial charge in [-0.05, 0) is 43.2 Å². The summed E-state index contributed by atoms with van der Waals surface area (Å²) in [4.78, 5) is 41.9. The van der Waals surface area contributed by atoms with Crippen LogP contribution in [0.3, 0.4) is 0 Å². The molecule has 0 saturated heterocycles. The molecule has 9 heteroatoms. The number of aromatic amines is 1. The van der Waals surface area contributed by atoms with Crippen molar-refractivity contribution in [1.82, 2.24) is 14.1 Å². The number of anilines is 2. The van der Waals surface area contributed by atoms with Crippen LogP contribution in [0, 0.1) is 0 Å². The third kappa shape index (κ3) is 3.51. The molecule has 1 aliphatic carbocycles. The molecular weight excluding hydrogens is 484 g/mol. The minimum Gasteiger partial charge on any atom is -0.353 e. The van der Waals surface area contributed by atoms with E-state index in [-0.39, 0.29) is 22.8 Å². The predicted molar refractivity (Wildman–Crippen MR) is 125 cm³/mol. The Kier molecular flexibility index (Phi) is 4.83. The Morgan fingerprint density at radius 3 is 2.42 bits per heavy atom. The molecule has 0 unspecified atom stereocenters. The maximum Gasteiger partial charge on any atom is 0.337 e. The molecule has 7 nitrogen and oxygen atoms in total. The Bertz CT molecular complexity index is 1500. The average Bonchev–Trinajstić information content (AvgIpc) is 3.55. The number of nitrogens with zero attached hydrogens (tertiary/aromatic N) is 2. The monoisotopic (exact) mass is 498 g/mol. The van der Waals surface area contributed by atoms with Crippen LogP contribution in [0.2, 0.25) is 5.02 Å². The average molecular weight is 500 g/mol. The first-order valence-corrected chi connectivity index (χ1v) is 10.8. The van der Waals surface area contributed by atoms with E-state index in [9.17, 15) is 14.4 Å². The van der Waals surface area contributed by atoms with Crippen LogP contribution in [-0.4, -0.2) is 14.1 Å². The van der Waals surface area contributed by atoms with Crippen molar-refractivity contribution in [2.24, 2.45) is 0 Å². The first-order chi connectivity index (χ1) is 14.9. The molecule has 2 heterocycles. The summed E-state index contributed by atoms with van der Waals surface area (Å²) in [7, 11) is 0. The quantitative estimate of drug-likeness (QED) is 0.437. The fraction of sp³-hybridized carbons (Fsp3) is 0.136. The Morgan fingerprint density at radius 2 is 1.74 bits per heavy atom. The highest BCUT2D eigenvalue weighted by molar-refractivity contribution is 9.10. The summed E-state index contributed by atoms with van der Waals surface area (Å²) in [5.41, 5.74) is 0.152. The van der Waals surface area contributed by atoms with Gasteiger partial charge < -0.3 is 10.3 Å². The van der Waals surface area contributed by atoms with Crippen molar-refractivity contribution in [2.45, 2.75) is 18.9 Å². The van der Waals surface area contributed by atoms with E-state index in [4.69, 9.17) is 11.6 Å². The minimum absolute atomic E-state index is 0.140. The zero-order valence-corrected chi connectivity index (χ0v) is 18.4. The van der Waals surface area contributed by atoms with Crippen LogP contribution in [-0.2, 0) is 0 Å². The zero-order valence-electron chi connectivity index (χ0n) is 16.1. The van der Waals surface area contributed by atoms with Gasteiger partial charge in [0, 0.05) is 16.6 Å². The fourth-order valence-corrected chi connectivity index (χ4v) is 4.37. The fourth-order valence-electron chi connectivity index (χ4n) is 3.65. The van der Waals surface area contributed by atoms with Gasteiger partial charge in [-0.3, -0.25) is 14.2 Å². The van der Waals surface area contributed by atoms with Crippen LogP contribution in [0.5, 0.6) is 0 Å². The van der Waals surface area contributed by atoms with Gasteiger partial charge in [0.2, 0.25) is 0 Å². The normalized spacial score (nSPS) is 13.5. The van der Waals surface area contributed by atoms with Gasteiger partial charge in [0.25, 0.3) is 11.1 Å². The van der Waals surface area contributed by atoms with Crippen molar-refractivity contribution in [3.8, 4) is 5.69 Å². The lowest BCUT2D eigenvalue weighted by Gasteiger charge is -2.16. The topological polar surface area (TPSA) is 88.9 Å². The predicted octanol–water partition coefficient (Wildman–Crippen LogP) is 4.34. The van der Waals surface area contributed by atoms with Gasteiger partial charge in [0.15, 0.2) is 0 Å². The van der Waals surface area contributed by atoms with E-state index in [2.05, 4.69) is 26.2 Å². The summed E-state index contributed by atoms with van der Waals surface area (Å²) in [6, 6.07) is 15.3. The van der Waals surface area contributed by atoms with Gasteiger partial charge in [-0.25, -0.2) is 9.36 Å². The number of hydrogen-bond acceptors (Lipinski definition) is 4. The van der Waals surface area contributed by atoms with Crippen LogP contribution >= 0.6 is 27.5 Å². The first kappa shape index (κ1) is 19.8. The molecule has 31 heavy (non-hydrogen) atoms. The van der Waals surface area contributed by atoms with Gasteiger partial charge in [-0.1, -0.05) is 45.7 Å². The molecule has 1 fully saturated rings. The number of aromatic nitrogens is 3. The minimum atomic E-state index is -0.472. The highest BCUT2D eigenvalue weighted by Gasteiger charge is 2.30. The molecule has 0 amide bonds. The Hall–Kier alpha value is -3.10. The van der Waals surface area contributed by atoms with Crippen LogP contribution in [0.15, 0.2) is 73.5 Å². The molecule has 2 aromatic heterocycles. The molecule has 0 spiro atoms. The number of nitrogens with one attached hydrogen (secondary N) is 2. The molecular formula is C22H16BrClN4O3. The molecule has 4 aromatic rings. The number of fused-ring (bicyclic) bond motifs is 1. The van der Waals surface area contributed by atoms with Crippen molar-refractivity contribution in [3.05, 3.63) is 95.3 Å². The molecule has 0 atom stereocenters. The lowest BCUT2D eigenvalue weighted by molar-refractivity contribution is 0.643. The Balaban J connectivity index is 1.86. The molecule has 1 aliphatic rings. The number of rotatable bonds is 4. The summed E-state index contributed by atoms with van der Waals surface area (Å²) in [5.74, 6) is 0. The lowest BCUT2D eigenvalue weighted by Crippen LogP contribution is -2.40. The van der Waals surface area contributed by atoms with Gasteiger partial charge in [-0.15, -0.1) is 0 Å². The molecule has 2 aromatic carbocycles. The summed E-state index contributed by atoms with van der Waals surface area (Å²) < 4.78 is 3.46. The third-order valence-corrected chi connectivity index (χ3v) is 6.01. The van der Waals surface area contributed by atoms with E-state index >= 15 is 0 Å². The van der Waals surface area contributed by atoms with E-state index in [0.29, 0.717) is 16.4 Å². The number of para-hydroxylation sites is 1. The van der Waals surface area contributed by atoms with E-state index in [0.717, 1.165) is 17.3 Å². The molecule has 2 N–H and O–H groups in total. The van der Waals surface area contributed by atoms with Crippen molar-refractivity contribution in [3.63, 3.8) is 0 Å². The molecule has 0 radical (unpaired) electrons. The number of benzene rings is 2. The van der Waals surface area contributed by atoms with Crippen LogP contribution in [0.1, 0.15) is 18.9 Å². The maximum absolute atomic E-state index is 13.4. The van der Waals surface area contributed by atoms with Gasteiger partial charge in [0.1, 0.15) is 11.0 Å². The number of H-pyrrole nitrogens is 1.